The van der Waals surface area contributed by atoms with Gasteiger partial charge in [0.25, 0.3) is 17.6 Å². The van der Waals surface area contributed by atoms with Crippen molar-refractivity contribution in [2.75, 3.05) is 6.61 Å². The first-order chi connectivity index (χ1) is 15.2. The number of hydrogen-bond acceptors (Lipinski definition) is 4. The van der Waals surface area contributed by atoms with Crippen LogP contribution in [0.4, 0.5) is 17.6 Å². The molecule has 0 fully saturated rings. The number of alkyl halides is 3. The van der Waals surface area contributed by atoms with E-state index in [9.17, 15) is 37.1 Å². The van der Waals surface area contributed by atoms with E-state index in [1.165, 1.54) is 23.6 Å². The Morgan fingerprint density at radius 3 is 2.45 bits per heavy atom. The fourth-order valence-corrected chi connectivity index (χ4v) is 4.23. The number of hydrogen-bond donors (Lipinski definition) is 3. The van der Waals surface area contributed by atoms with Gasteiger partial charge in [-0.05, 0) is 43.5 Å². The van der Waals surface area contributed by atoms with Crippen LogP contribution in [0, 0.1) is 12.7 Å². The van der Waals surface area contributed by atoms with Crippen LogP contribution in [0.5, 0.6) is 0 Å². The van der Waals surface area contributed by atoms with E-state index in [1.807, 2.05) is 0 Å². The summed E-state index contributed by atoms with van der Waals surface area (Å²) >= 11 is 5.87. The maximum Gasteiger partial charge on any atom is 0.413 e. The number of rotatable bonds is 6. The molecular formula is C21H20ClF4N3O4. The number of aliphatic hydroxyl groups is 1. The molecule has 1 aliphatic heterocycles. The lowest BCUT2D eigenvalue weighted by Crippen LogP contribution is -2.60. The van der Waals surface area contributed by atoms with Gasteiger partial charge in [-0.15, -0.1) is 0 Å². The monoisotopic (exact) mass is 489 g/mol. The summed E-state index contributed by atoms with van der Waals surface area (Å²) in [5.41, 5.74) is 2.79. The Hall–Kier alpha value is -2.92. The molecule has 1 aromatic carbocycles. The van der Waals surface area contributed by atoms with Gasteiger partial charge in [-0.25, -0.2) is 4.39 Å². The Balaban J connectivity index is 2.12. The van der Waals surface area contributed by atoms with Crippen LogP contribution in [0.15, 0.2) is 18.2 Å². The highest BCUT2D eigenvalue weighted by Crippen LogP contribution is 2.41. The van der Waals surface area contributed by atoms with E-state index in [-0.39, 0.29) is 34.1 Å². The third kappa shape index (κ3) is 4.10. The lowest BCUT2D eigenvalue weighted by molar-refractivity contribution is -0.201. The molecule has 3 rings (SSSR count). The number of carbonyl (C=O) groups is 3. The third-order valence-electron chi connectivity index (χ3n) is 5.86. The number of nitrogens with zero attached hydrogens (tertiary/aromatic N) is 1. The van der Waals surface area contributed by atoms with Gasteiger partial charge in [0, 0.05) is 18.2 Å². The second kappa shape index (κ2) is 8.45. The normalized spacial score (nSPS) is 17.4. The van der Waals surface area contributed by atoms with Gasteiger partial charge in [-0.3, -0.25) is 14.4 Å². The van der Waals surface area contributed by atoms with Gasteiger partial charge < -0.3 is 20.7 Å². The minimum atomic E-state index is -5.04. The third-order valence-corrected chi connectivity index (χ3v) is 6.15. The molecule has 2 heterocycles. The van der Waals surface area contributed by atoms with E-state index in [0.717, 1.165) is 6.07 Å². The molecule has 0 spiro atoms. The largest absolute Gasteiger partial charge is 0.413 e. The minimum Gasteiger partial charge on any atom is -0.394 e. The van der Waals surface area contributed by atoms with Crippen LogP contribution in [-0.2, 0) is 11.3 Å². The average molecular weight is 490 g/mol. The highest BCUT2D eigenvalue weighted by molar-refractivity contribution is 6.44. The van der Waals surface area contributed by atoms with Crippen LogP contribution in [0.3, 0.4) is 0 Å². The highest BCUT2D eigenvalue weighted by Gasteiger charge is 2.53. The number of fused-ring (bicyclic) bond motifs is 1. The number of benzene rings is 1. The van der Waals surface area contributed by atoms with Crippen molar-refractivity contribution in [2.45, 2.75) is 44.4 Å². The molecule has 1 aliphatic rings. The Bertz CT molecular complexity index is 1160. The maximum absolute atomic E-state index is 13.6. The molecule has 0 aliphatic carbocycles. The van der Waals surface area contributed by atoms with Gasteiger partial charge in [-0.1, -0.05) is 17.7 Å². The lowest BCUT2D eigenvalue weighted by Gasteiger charge is -2.30. The van der Waals surface area contributed by atoms with E-state index in [1.54, 1.807) is 5.32 Å². The number of nitrogens with one attached hydrogen (secondary N) is 1. The Morgan fingerprint density at radius 1 is 1.30 bits per heavy atom. The van der Waals surface area contributed by atoms with Crippen molar-refractivity contribution in [2.24, 2.45) is 5.73 Å². The van der Waals surface area contributed by atoms with Crippen LogP contribution in [-0.4, -0.2) is 45.6 Å². The van der Waals surface area contributed by atoms with E-state index < -0.39 is 47.7 Å². The Morgan fingerprint density at radius 2 is 1.94 bits per heavy atom. The summed E-state index contributed by atoms with van der Waals surface area (Å²) in [4.78, 5) is 37.7. The predicted octanol–water partition coefficient (Wildman–Crippen LogP) is 2.84. The van der Waals surface area contributed by atoms with Crippen molar-refractivity contribution in [1.29, 1.82) is 0 Å². The van der Waals surface area contributed by atoms with Crippen molar-refractivity contribution in [3.05, 3.63) is 57.1 Å². The molecule has 0 bridgehead atoms. The number of Topliss-reactive ketones (excluding diaryl/α,β-unsaturated/α-hetero) is 1. The molecule has 1 aromatic heterocycles. The van der Waals surface area contributed by atoms with Gasteiger partial charge in [0.2, 0.25) is 0 Å². The molecule has 2 aromatic rings. The van der Waals surface area contributed by atoms with Crippen molar-refractivity contribution >= 4 is 29.2 Å². The van der Waals surface area contributed by atoms with E-state index >= 15 is 0 Å². The number of amides is 2. The molecule has 0 radical (unpaired) electrons. The lowest BCUT2D eigenvalue weighted by atomic mass is 9.89. The number of nitrogens with two attached hydrogens (primary N) is 1. The smallest absolute Gasteiger partial charge is 0.394 e. The van der Waals surface area contributed by atoms with Crippen molar-refractivity contribution < 1.29 is 37.1 Å². The number of aromatic nitrogens is 1. The van der Waals surface area contributed by atoms with Crippen LogP contribution in [0.25, 0.3) is 0 Å². The summed E-state index contributed by atoms with van der Waals surface area (Å²) in [6.45, 7) is 0.620. The van der Waals surface area contributed by atoms with Crippen molar-refractivity contribution in [3.63, 3.8) is 0 Å². The van der Waals surface area contributed by atoms with Crippen molar-refractivity contribution in [3.8, 4) is 0 Å². The van der Waals surface area contributed by atoms with Crippen LogP contribution < -0.4 is 11.1 Å². The van der Waals surface area contributed by atoms with E-state index in [0.29, 0.717) is 18.9 Å². The SMILES string of the molecule is Cc1c(C(=O)C(=O)NC(C)(CO)C(F)(F)F)c2n(c1C(N)=O)CCC2c1ccc(F)c(Cl)c1. The fraction of sp³-hybridized carbons (Fsp3) is 0.381. The maximum atomic E-state index is 13.6. The summed E-state index contributed by atoms with van der Waals surface area (Å²) in [5.74, 6) is -5.10. The second-order valence-electron chi connectivity index (χ2n) is 8.04. The molecule has 12 heteroatoms. The summed E-state index contributed by atoms with van der Waals surface area (Å²) in [6, 6.07) is 3.88. The molecule has 4 N–H and O–H groups in total. The number of halogens is 5. The molecule has 0 saturated heterocycles. The average Bonchev–Trinajstić information content (AvgIpc) is 3.25. The van der Waals surface area contributed by atoms with Crippen LogP contribution in [0.1, 0.15) is 56.9 Å². The van der Waals surface area contributed by atoms with Crippen LogP contribution in [0.2, 0.25) is 5.02 Å². The molecule has 0 saturated carbocycles. The van der Waals surface area contributed by atoms with E-state index in [2.05, 4.69) is 0 Å². The van der Waals surface area contributed by atoms with Gasteiger partial charge in [0.05, 0.1) is 17.2 Å². The first kappa shape index (κ1) is 24.7. The first-order valence-electron chi connectivity index (χ1n) is 9.75. The summed E-state index contributed by atoms with van der Waals surface area (Å²) < 4.78 is 55.0. The molecule has 2 amide bonds. The second-order valence-corrected chi connectivity index (χ2v) is 8.44. The minimum absolute atomic E-state index is 0.0354. The van der Waals surface area contributed by atoms with Gasteiger partial charge in [0.1, 0.15) is 11.5 Å². The number of carbonyl (C=O) groups excluding carboxylic acids is 3. The Kier molecular flexibility index (Phi) is 6.33. The zero-order valence-corrected chi connectivity index (χ0v) is 18.3. The number of primary amides is 1. The van der Waals surface area contributed by atoms with Crippen molar-refractivity contribution in [1.82, 2.24) is 9.88 Å². The molecule has 7 nitrogen and oxygen atoms in total. The zero-order chi connectivity index (χ0) is 24.9. The highest BCUT2D eigenvalue weighted by atomic mass is 35.5. The zero-order valence-electron chi connectivity index (χ0n) is 17.5. The Labute approximate surface area is 190 Å². The topological polar surface area (TPSA) is 114 Å². The molecule has 2 atom stereocenters. The fourth-order valence-electron chi connectivity index (χ4n) is 4.04. The van der Waals surface area contributed by atoms with Gasteiger partial charge in [0.15, 0.2) is 5.54 Å². The molecule has 178 valence electrons. The summed E-state index contributed by atoms with van der Waals surface area (Å²) in [6.07, 6.45) is -4.70. The first-order valence-corrected chi connectivity index (χ1v) is 10.1. The predicted molar refractivity (Wildman–Crippen MR) is 110 cm³/mol. The van der Waals surface area contributed by atoms with Crippen LogP contribution >= 0.6 is 11.6 Å². The summed E-state index contributed by atoms with van der Waals surface area (Å²) in [7, 11) is 0. The quantitative estimate of drug-likeness (QED) is 0.329. The molecule has 2 unspecified atom stereocenters. The van der Waals surface area contributed by atoms with E-state index in [4.69, 9.17) is 17.3 Å². The number of aliphatic hydroxyl groups excluding tert-OH is 1. The van der Waals surface area contributed by atoms with Gasteiger partial charge in [-0.2, -0.15) is 13.2 Å². The molecular weight excluding hydrogens is 470 g/mol. The molecule has 33 heavy (non-hydrogen) atoms. The van der Waals surface area contributed by atoms with Gasteiger partial charge >= 0.3 is 6.18 Å². The standard InChI is InChI=1S/C21H20ClF4N3O4/c1-9-14(17(31)19(33)28-20(2,8-30)21(24,25)26)16-11(5-6-29(16)15(9)18(27)32)10-3-4-13(23)12(22)7-10/h3-4,7,11,30H,5-6,8H2,1-2H3,(H2,27,32)(H,28,33). The summed E-state index contributed by atoms with van der Waals surface area (Å²) in [5, 5.41) is 10.6. The number of ketones is 1.